The van der Waals surface area contributed by atoms with Gasteiger partial charge in [0.25, 0.3) is 0 Å². The molecule has 1 aromatic heterocycles. The van der Waals surface area contributed by atoms with Crippen molar-refractivity contribution in [3.8, 4) is 0 Å². The van der Waals surface area contributed by atoms with Crippen LogP contribution in [0.2, 0.25) is 0 Å². The highest BCUT2D eigenvalue weighted by atomic mass is 16.3. The van der Waals surface area contributed by atoms with Gasteiger partial charge >= 0.3 is 0 Å². The van der Waals surface area contributed by atoms with Crippen molar-refractivity contribution >= 4 is 0 Å². The predicted molar refractivity (Wildman–Crippen MR) is 79.2 cm³/mol. The molecule has 19 heavy (non-hydrogen) atoms. The maximum Gasteiger partial charge on any atom is 0.120 e. The summed E-state index contributed by atoms with van der Waals surface area (Å²) >= 11 is 0. The van der Waals surface area contributed by atoms with Gasteiger partial charge in [0, 0.05) is 6.04 Å². The lowest BCUT2D eigenvalue weighted by molar-refractivity contribution is 0.231. The van der Waals surface area contributed by atoms with E-state index in [4.69, 9.17) is 4.42 Å². The van der Waals surface area contributed by atoms with Crippen molar-refractivity contribution in [1.29, 1.82) is 0 Å². The molecule has 1 aromatic rings. The zero-order valence-electron chi connectivity index (χ0n) is 12.7. The minimum absolute atomic E-state index is 0.812. The number of rotatable bonds is 9. The largest absolute Gasteiger partial charge is 0.463 e. The quantitative estimate of drug-likeness (QED) is 0.692. The second-order valence-corrected chi connectivity index (χ2v) is 5.70. The van der Waals surface area contributed by atoms with Gasteiger partial charge in [0.15, 0.2) is 0 Å². The van der Waals surface area contributed by atoms with Crippen molar-refractivity contribution in [2.24, 2.45) is 0 Å². The minimum Gasteiger partial charge on any atom is -0.463 e. The Bertz CT molecular complexity index is 382. The molecule has 2 rings (SSSR count). The first-order valence-electron chi connectivity index (χ1n) is 7.77. The Hall–Kier alpha value is -0.800. The first-order valence-corrected chi connectivity index (χ1v) is 7.77. The van der Waals surface area contributed by atoms with E-state index in [1.807, 2.05) is 0 Å². The van der Waals surface area contributed by atoms with Crippen molar-refractivity contribution in [2.75, 3.05) is 13.1 Å². The van der Waals surface area contributed by atoms with Crippen LogP contribution in [-0.4, -0.2) is 24.0 Å². The first-order chi connectivity index (χ1) is 9.24. The lowest BCUT2D eigenvalue weighted by Gasteiger charge is -2.19. The average molecular weight is 264 g/mol. The number of hydrogen-bond donors (Lipinski definition) is 1. The molecular weight excluding hydrogens is 236 g/mol. The number of nitrogens with one attached hydrogen (secondary N) is 1. The van der Waals surface area contributed by atoms with Crippen LogP contribution >= 0.6 is 0 Å². The van der Waals surface area contributed by atoms with Gasteiger partial charge in [0.1, 0.15) is 11.5 Å². The fourth-order valence-corrected chi connectivity index (χ4v) is 2.54. The summed E-state index contributed by atoms with van der Waals surface area (Å²) in [5.74, 6) is 2.24. The van der Waals surface area contributed by atoms with E-state index in [0.29, 0.717) is 0 Å². The molecule has 0 atom stereocenters. The number of hydrogen-bond acceptors (Lipinski definition) is 3. The van der Waals surface area contributed by atoms with Gasteiger partial charge in [-0.25, -0.2) is 0 Å². The number of nitrogens with zero attached hydrogens (tertiary/aromatic N) is 1. The summed E-state index contributed by atoms with van der Waals surface area (Å²) in [5, 5.41) is 3.41. The average Bonchev–Trinajstić information content (AvgIpc) is 3.16. The lowest BCUT2D eigenvalue weighted by Crippen LogP contribution is -2.26. The Morgan fingerprint density at radius 3 is 2.74 bits per heavy atom. The number of aryl methyl sites for hydroxylation is 1. The Kier molecular flexibility index (Phi) is 5.46. The zero-order valence-corrected chi connectivity index (χ0v) is 12.7. The van der Waals surface area contributed by atoms with E-state index in [-0.39, 0.29) is 0 Å². The Morgan fingerprint density at radius 1 is 1.32 bits per heavy atom. The van der Waals surface area contributed by atoms with E-state index in [2.05, 4.69) is 37.1 Å². The molecule has 0 unspecified atom stereocenters. The monoisotopic (exact) mass is 264 g/mol. The zero-order chi connectivity index (χ0) is 13.7. The van der Waals surface area contributed by atoms with Gasteiger partial charge in [0.2, 0.25) is 0 Å². The summed E-state index contributed by atoms with van der Waals surface area (Å²) in [7, 11) is 0. The molecule has 1 aliphatic rings. The number of furan rings is 1. The van der Waals surface area contributed by atoms with Crippen molar-refractivity contribution in [1.82, 2.24) is 10.2 Å². The predicted octanol–water partition coefficient (Wildman–Crippen LogP) is 3.46. The third-order valence-electron chi connectivity index (χ3n) is 3.72. The van der Waals surface area contributed by atoms with Crippen LogP contribution in [0.3, 0.4) is 0 Å². The summed E-state index contributed by atoms with van der Waals surface area (Å²) < 4.78 is 6.01. The molecule has 1 heterocycles. The molecule has 0 aromatic carbocycles. The fourth-order valence-electron chi connectivity index (χ4n) is 2.54. The highest BCUT2D eigenvalue weighted by Crippen LogP contribution is 2.29. The van der Waals surface area contributed by atoms with E-state index in [9.17, 15) is 0 Å². The van der Waals surface area contributed by atoms with E-state index >= 15 is 0 Å². The molecule has 0 radical (unpaired) electrons. The van der Waals surface area contributed by atoms with Gasteiger partial charge in [-0.1, -0.05) is 13.8 Å². The molecule has 3 nitrogen and oxygen atoms in total. The highest BCUT2D eigenvalue weighted by Gasteiger charge is 2.29. The molecular formula is C16H28N2O. The van der Waals surface area contributed by atoms with Crippen LogP contribution in [0.1, 0.15) is 56.6 Å². The van der Waals surface area contributed by atoms with Gasteiger partial charge in [0.05, 0.1) is 13.1 Å². The van der Waals surface area contributed by atoms with Crippen LogP contribution in [0.5, 0.6) is 0 Å². The van der Waals surface area contributed by atoms with Gasteiger partial charge in [-0.2, -0.15) is 0 Å². The summed E-state index contributed by atoms with van der Waals surface area (Å²) in [6.07, 6.45) is 5.12. The van der Waals surface area contributed by atoms with Crippen LogP contribution in [-0.2, 0) is 13.1 Å². The van der Waals surface area contributed by atoms with E-state index in [1.54, 1.807) is 0 Å². The lowest BCUT2D eigenvalue weighted by atomic mass is 10.2. The second-order valence-electron chi connectivity index (χ2n) is 5.70. The standard InChI is InChI=1S/C16H28N2O/c1-4-8-17-11-16-13(3)10-15(19-16)12-18(9-5-2)14-6-7-14/h10,14,17H,4-9,11-12H2,1-3H3. The third-order valence-corrected chi connectivity index (χ3v) is 3.72. The van der Waals surface area contributed by atoms with Crippen molar-refractivity contribution in [3.63, 3.8) is 0 Å². The Morgan fingerprint density at radius 2 is 2.11 bits per heavy atom. The van der Waals surface area contributed by atoms with E-state index < -0.39 is 0 Å². The summed E-state index contributed by atoms with van der Waals surface area (Å²) in [6, 6.07) is 3.03. The second kappa shape index (κ2) is 7.11. The fraction of sp³-hybridized carbons (Fsp3) is 0.750. The molecule has 1 aliphatic carbocycles. The van der Waals surface area contributed by atoms with Gasteiger partial charge < -0.3 is 9.73 Å². The molecule has 1 N–H and O–H groups in total. The molecule has 0 aliphatic heterocycles. The normalized spacial score (nSPS) is 15.4. The summed E-state index contributed by atoms with van der Waals surface area (Å²) in [6.45, 7) is 10.7. The smallest absolute Gasteiger partial charge is 0.120 e. The Balaban J connectivity index is 1.90. The van der Waals surface area contributed by atoms with Crippen LogP contribution in [0.25, 0.3) is 0 Å². The SMILES string of the molecule is CCCNCc1oc(CN(CCC)C2CC2)cc1C. The van der Waals surface area contributed by atoms with E-state index in [1.165, 1.54) is 37.8 Å². The van der Waals surface area contributed by atoms with Gasteiger partial charge in [-0.15, -0.1) is 0 Å². The van der Waals surface area contributed by atoms with Crippen molar-refractivity contribution in [2.45, 2.75) is 65.6 Å². The molecule has 0 amide bonds. The maximum atomic E-state index is 6.01. The maximum absolute atomic E-state index is 6.01. The minimum atomic E-state index is 0.812. The summed E-state index contributed by atoms with van der Waals surface area (Å²) in [4.78, 5) is 2.57. The summed E-state index contributed by atoms with van der Waals surface area (Å²) in [5.41, 5.74) is 1.28. The third kappa shape index (κ3) is 4.36. The van der Waals surface area contributed by atoms with Gasteiger partial charge in [-0.05, 0) is 57.3 Å². The van der Waals surface area contributed by atoms with Crippen molar-refractivity contribution < 1.29 is 4.42 Å². The van der Waals surface area contributed by atoms with E-state index in [0.717, 1.165) is 37.2 Å². The topological polar surface area (TPSA) is 28.4 Å². The molecule has 0 saturated heterocycles. The molecule has 108 valence electrons. The van der Waals surface area contributed by atoms with Crippen molar-refractivity contribution in [3.05, 3.63) is 23.2 Å². The first kappa shape index (κ1) is 14.6. The Labute approximate surface area is 117 Å². The molecule has 0 spiro atoms. The molecule has 3 heteroatoms. The molecule has 0 bridgehead atoms. The highest BCUT2D eigenvalue weighted by molar-refractivity contribution is 5.20. The van der Waals surface area contributed by atoms with Crippen LogP contribution in [0.4, 0.5) is 0 Å². The van der Waals surface area contributed by atoms with Crippen LogP contribution in [0.15, 0.2) is 10.5 Å². The van der Waals surface area contributed by atoms with Gasteiger partial charge in [-0.3, -0.25) is 4.90 Å². The van der Waals surface area contributed by atoms with Crippen LogP contribution < -0.4 is 5.32 Å². The molecule has 1 fully saturated rings. The molecule has 1 saturated carbocycles. The van der Waals surface area contributed by atoms with Crippen LogP contribution in [0, 0.1) is 6.92 Å².